The topological polar surface area (TPSA) is 81.6 Å². The first kappa shape index (κ1) is 16.8. The Hall–Kier alpha value is -2.60. The number of aliphatic hydroxyl groups is 1. The van der Waals surface area contributed by atoms with Gasteiger partial charge in [0.25, 0.3) is 0 Å². The van der Waals surface area contributed by atoms with E-state index in [4.69, 9.17) is 5.11 Å². The molecule has 0 aliphatic heterocycles. The van der Waals surface area contributed by atoms with Crippen LogP contribution in [-0.2, 0) is 13.0 Å². The summed E-state index contributed by atoms with van der Waals surface area (Å²) in [6, 6.07) is 12.6. The molecule has 0 fully saturated rings. The van der Waals surface area contributed by atoms with Crippen molar-refractivity contribution in [3.63, 3.8) is 0 Å². The van der Waals surface area contributed by atoms with Crippen molar-refractivity contribution >= 4 is 6.03 Å². The summed E-state index contributed by atoms with van der Waals surface area (Å²) >= 11 is 0. The second kappa shape index (κ2) is 8.14. The number of carbonyl (C=O) groups is 1. The highest BCUT2D eigenvalue weighted by molar-refractivity contribution is 5.74. The number of rotatable bonds is 6. The Balaban J connectivity index is 1.83. The maximum absolute atomic E-state index is 13.2. The molecule has 122 valence electrons. The van der Waals surface area contributed by atoms with Gasteiger partial charge in [-0.1, -0.05) is 36.4 Å². The summed E-state index contributed by atoms with van der Waals surface area (Å²) in [6.07, 6.45) is 0.512. The van der Waals surface area contributed by atoms with Gasteiger partial charge in [-0.3, -0.25) is 0 Å². The van der Waals surface area contributed by atoms with Crippen molar-refractivity contribution in [1.29, 1.82) is 0 Å². The van der Waals surface area contributed by atoms with Crippen molar-refractivity contribution in [3.05, 3.63) is 65.5 Å². The summed E-state index contributed by atoms with van der Waals surface area (Å²) in [5.74, 6) is -1.16. The lowest BCUT2D eigenvalue weighted by atomic mass is 10.1. The molecule has 0 aliphatic rings. The lowest BCUT2D eigenvalue weighted by Gasteiger charge is -2.17. The third-order valence-electron chi connectivity index (χ3n) is 3.35. The van der Waals surface area contributed by atoms with E-state index in [2.05, 4.69) is 10.6 Å². The predicted octanol–water partition coefficient (Wildman–Crippen LogP) is 1.93. The number of aliphatic hydroxyl groups excluding tert-OH is 1. The Labute approximate surface area is 133 Å². The first-order chi connectivity index (χ1) is 11.1. The van der Waals surface area contributed by atoms with Crippen molar-refractivity contribution in [1.82, 2.24) is 10.6 Å². The first-order valence-electron chi connectivity index (χ1n) is 7.25. The molecule has 2 rings (SSSR count). The lowest BCUT2D eigenvalue weighted by molar-refractivity contribution is 0.215. The van der Waals surface area contributed by atoms with Crippen LogP contribution in [0.2, 0.25) is 0 Å². The van der Waals surface area contributed by atoms with Crippen molar-refractivity contribution in [2.75, 3.05) is 6.61 Å². The first-order valence-corrected chi connectivity index (χ1v) is 7.25. The maximum Gasteiger partial charge on any atom is 0.315 e. The SMILES string of the molecule is O=C(NCc1ccc(O)c(F)c1)NC(CO)Cc1ccccc1. The van der Waals surface area contributed by atoms with Gasteiger partial charge in [-0.15, -0.1) is 0 Å². The zero-order valence-electron chi connectivity index (χ0n) is 12.5. The fraction of sp³-hybridized carbons (Fsp3) is 0.235. The molecule has 0 bridgehead atoms. The van der Waals surface area contributed by atoms with Crippen molar-refractivity contribution < 1.29 is 19.4 Å². The van der Waals surface area contributed by atoms with Crippen LogP contribution in [0.5, 0.6) is 5.75 Å². The maximum atomic E-state index is 13.2. The second-order valence-corrected chi connectivity index (χ2v) is 5.18. The van der Waals surface area contributed by atoms with Gasteiger partial charge in [-0.2, -0.15) is 0 Å². The Morgan fingerprint density at radius 2 is 1.87 bits per heavy atom. The fourth-order valence-corrected chi connectivity index (χ4v) is 2.14. The summed E-state index contributed by atoms with van der Waals surface area (Å²) < 4.78 is 13.2. The molecule has 6 heteroatoms. The minimum Gasteiger partial charge on any atom is -0.505 e. The van der Waals surface area contributed by atoms with E-state index in [1.54, 1.807) is 0 Å². The number of benzene rings is 2. The third-order valence-corrected chi connectivity index (χ3v) is 3.35. The summed E-state index contributed by atoms with van der Waals surface area (Å²) in [7, 11) is 0. The van der Waals surface area contributed by atoms with E-state index in [1.165, 1.54) is 12.1 Å². The summed E-state index contributed by atoms with van der Waals surface area (Å²) in [6.45, 7) is -0.0668. The van der Waals surface area contributed by atoms with Gasteiger partial charge in [-0.25, -0.2) is 9.18 Å². The van der Waals surface area contributed by atoms with Gasteiger partial charge < -0.3 is 20.8 Å². The molecule has 0 aliphatic carbocycles. The molecule has 0 aromatic heterocycles. The molecule has 4 N–H and O–H groups in total. The number of hydrogen-bond acceptors (Lipinski definition) is 3. The predicted molar refractivity (Wildman–Crippen MR) is 84.5 cm³/mol. The monoisotopic (exact) mass is 318 g/mol. The van der Waals surface area contributed by atoms with Crippen LogP contribution in [0.25, 0.3) is 0 Å². The number of aromatic hydroxyl groups is 1. The number of phenolic OH excluding ortho intramolecular Hbond substituents is 1. The van der Waals surface area contributed by atoms with Crippen molar-refractivity contribution in [2.24, 2.45) is 0 Å². The summed E-state index contributed by atoms with van der Waals surface area (Å²) in [5.41, 5.74) is 1.53. The van der Waals surface area contributed by atoms with Gasteiger partial charge in [0, 0.05) is 6.54 Å². The van der Waals surface area contributed by atoms with Gasteiger partial charge in [0.15, 0.2) is 11.6 Å². The van der Waals surface area contributed by atoms with Crippen LogP contribution in [0.15, 0.2) is 48.5 Å². The standard InChI is InChI=1S/C17H19FN2O3/c18-15-9-13(6-7-16(15)22)10-19-17(23)20-14(11-21)8-12-4-2-1-3-5-12/h1-7,9,14,21-22H,8,10-11H2,(H2,19,20,23). The summed E-state index contributed by atoms with van der Waals surface area (Å²) in [5, 5.41) is 23.7. The molecule has 0 saturated heterocycles. The highest BCUT2D eigenvalue weighted by atomic mass is 19.1. The molecular weight excluding hydrogens is 299 g/mol. The van der Waals surface area contributed by atoms with Crippen LogP contribution in [0.4, 0.5) is 9.18 Å². The minimum absolute atomic E-state index is 0.118. The Morgan fingerprint density at radius 1 is 1.13 bits per heavy atom. The van der Waals surface area contributed by atoms with Gasteiger partial charge in [0.2, 0.25) is 0 Å². The van der Waals surface area contributed by atoms with Gasteiger partial charge in [0.1, 0.15) is 0 Å². The van der Waals surface area contributed by atoms with E-state index >= 15 is 0 Å². The zero-order chi connectivity index (χ0) is 16.7. The normalized spacial score (nSPS) is 11.7. The summed E-state index contributed by atoms with van der Waals surface area (Å²) in [4.78, 5) is 11.9. The van der Waals surface area contributed by atoms with Gasteiger partial charge in [-0.05, 0) is 29.7 Å². The van der Waals surface area contributed by atoms with Crippen LogP contribution < -0.4 is 10.6 Å². The second-order valence-electron chi connectivity index (χ2n) is 5.18. The van der Waals surface area contributed by atoms with Crippen molar-refractivity contribution in [3.8, 4) is 5.75 Å². The number of urea groups is 1. The number of hydrogen-bond donors (Lipinski definition) is 4. The van der Waals surface area contributed by atoms with Crippen LogP contribution in [0.1, 0.15) is 11.1 Å². The number of phenols is 1. The molecule has 2 amide bonds. The lowest BCUT2D eigenvalue weighted by Crippen LogP contribution is -2.44. The zero-order valence-corrected chi connectivity index (χ0v) is 12.5. The Bertz CT molecular complexity index is 650. The number of halogens is 1. The average molecular weight is 318 g/mol. The molecule has 1 atom stereocenters. The smallest absolute Gasteiger partial charge is 0.315 e. The molecule has 0 heterocycles. The molecule has 23 heavy (non-hydrogen) atoms. The fourth-order valence-electron chi connectivity index (χ4n) is 2.14. The van der Waals surface area contributed by atoms with Crippen LogP contribution in [0.3, 0.4) is 0 Å². The van der Waals surface area contributed by atoms with E-state index in [-0.39, 0.29) is 13.2 Å². The third kappa shape index (κ3) is 5.27. The van der Waals surface area contributed by atoms with E-state index in [1.807, 2.05) is 30.3 Å². The molecule has 0 spiro atoms. The van der Waals surface area contributed by atoms with Gasteiger partial charge >= 0.3 is 6.03 Å². The van der Waals surface area contributed by atoms with Crippen LogP contribution in [0, 0.1) is 5.82 Å². The number of amides is 2. The van der Waals surface area contributed by atoms with Crippen molar-refractivity contribution in [2.45, 2.75) is 19.0 Å². The van der Waals surface area contributed by atoms with E-state index in [9.17, 15) is 14.3 Å². The van der Waals surface area contributed by atoms with Crippen LogP contribution >= 0.6 is 0 Å². The van der Waals surface area contributed by atoms with E-state index in [0.717, 1.165) is 11.6 Å². The molecule has 1 unspecified atom stereocenters. The Kier molecular flexibility index (Phi) is 5.94. The Morgan fingerprint density at radius 3 is 2.52 bits per heavy atom. The number of carbonyl (C=O) groups excluding carboxylic acids is 1. The van der Waals surface area contributed by atoms with Crippen LogP contribution in [-0.4, -0.2) is 28.9 Å². The minimum atomic E-state index is -0.734. The average Bonchev–Trinajstić information content (AvgIpc) is 2.56. The molecule has 2 aromatic rings. The molecule has 2 aromatic carbocycles. The quantitative estimate of drug-likeness (QED) is 0.657. The molecule has 0 radical (unpaired) electrons. The van der Waals surface area contributed by atoms with E-state index < -0.39 is 23.6 Å². The highest BCUT2D eigenvalue weighted by Gasteiger charge is 2.12. The molecule has 5 nitrogen and oxygen atoms in total. The molecule has 0 saturated carbocycles. The highest BCUT2D eigenvalue weighted by Crippen LogP contribution is 2.15. The largest absolute Gasteiger partial charge is 0.505 e. The number of nitrogens with one attached hydrogen (secondary N) is 2. The van der Waals surface area contributed by atoms with Gasteiger partial charge in [0.05, 0.1) is 12.6 Å². The van der Waals surface area contributed by atoms with E-state index in [0.29, 0.717) is 12.0 Å². The molecular formula is C17H19FN2O3.